The lowest BCUT2D eigenvalue weighted by Gasteiger charge is -2.07. The fraction of sp³-hybridized carbons (Fsp3) is 0.100. The third-order valence-electron chi connectivity index (χ3n) is 3.56. The quantitative estimate of drug-likeness (QED) is 0.627. The maximum Gasteiger partial charge on any atom is 0.271 e. The fourth-order valence-electron chi connectivity index (χ4n) is 2.21. The van der Waals surface area contributed by atoms with Crippen molar-refractivity contribution in [3.63, 3.8) is 0 Å². The number of halogens is 1. The molecule has 132 valence electrons. The summed E-state index contributed by atoms with van der Waals surface area (Å²) < 4.78 is 18.6. The molecule has 0 radical (unpaired) electrons. The number of carbonyl (C=O) groups excluding carboxylic acids is 1. The van der Waals surface area contributed by atoms with Gasteiger partial charge in [-0.2, -0.15) is 0 Å². The highest BCUT2D eigenvalue weighted by Gasteiger charge is 2.11. The van der Waals surface area contributed by atoms with E-state index < -0.39 is 0 Å². The van der Waals surface area contributed by atoms with Gasteiger partial charge in [0.25, 0.3) is 5.91 Å². The summed E-state index contributed by atoms with van der Waals surface area (Å²) in [4.78, 5) is 16.2. The van der Waals surface area contributed by atoms with Gasteiger partial charge in [0.05, 0.1) is 0 Å². The van der Waals surface area contributed by atoms with Gasteiger partial charge in [-0.05, 0) is 42.0 Å². The van der Waals surface area contributed by atoms with Crippen molar-refractivity contribution in [3.8, 4) is 16.3 Å². The van der Waals surface area contributed by atoms with Crippen molar-refractivity contribution in [2.75, 3.05) is 6.54 Å². The van der Waals surface area contributed by atoms with Crippen LogP contribution < -0.4 is 10.1 Å². The van der Waals surface area contributed by atoms with Gasteiger partial charge in [-0.25, -0.2) is 9.37 Å². The number of thiazole rings is 1. The fourth-order valence-corrected chi connectivity index (χ4v) is 3.01. The Labute approximate surface area is 155 Å². The molecule has 0 atom stereocenters. The summed E-state index contributed by atoms with van der Waals surface area (Å²) in [6, 6.07) is 13.7. The lowest BCUT2D eigenvalue weighted by molar-refractivity contribution is 0.0954. The van der Waals surface area contributed by atoms with E-state index in [1.807, 2.05) is 24.3 Å². The van der Waals surface area contributed by atoms with Gasteiger partial charge in [-0.15, -0.1) is 17.9 Å². The summed E-state index contributed by atoms with van der Waals surface area (Å²) in [5.74, 6) is 0.226. The number of ether oxygens (including phenoxy) is 1. The molecule has 26 heavy (non-hydrogen) atoms. The van der Waals surface area contributed by atoms with Gasteiger partial charge in [0.15, 0.2) is 0 Å². The van der Waals surface area contributed by atoms with Crippen LogP contribution in [0.15, 0.2) is 66.6 Å². The Kier molecular flexibility index (Phi) is 5.76. The highest BCUT2D eigenvalue weighted by molar-refractivity contribution is 7.13. The van der Waals surface area contributed by atoms with Crippen LogP contribution >= 0.6 is 11.3 Å². The number of hydrogen-bond acceptors (Lipinski definition) is 4. The van der Waals surface area contributed by atoms with Crippen LogP contribution in [0.5, 0.6) is 5.75 Å². The second kappa shape index (κ2) is 8.40. The largest absolute Gasteiger partial charge is 0.489 e. The Balaban J connectivity index is 1.62. The molecule has 3 aromatic rings. The molecule has 1 N–H and O–H groups in total. The third-order valence-corrected chi connectivity index (χ3v) is 4.46. The van der Waals surface area contributed by atoms with Crippen LogP contribution in [0.1, 0.15) is 16.1 Å². The van der Waals surface area contributed by atoms with Crippen LogP contribution in [0.4, 0.5) is 4.39 Å². The molecular weight excluding hydrogens is 351 g/mol. The Morgan fingerprint density at radius 2 is 1.92 bits per heavy atom. The van der Waals surface area contributed by atoms with Crippen molar-refractivity contribution < 1.29 is 13.9 Å². The lowest BCUT2D eigenvalue weighted by Crippen LogP contribution is -2.23. The molecule has 2 aromatic carbocycles. The molecule has 0 aliphatic carbocycles. The summed E-state index contributed by atoms with van der Waals surface area (Å²) in [5, 5.41) is 5.19. The number of benzene rings is 2. The van der Waals surface area contributed by atoms with E-state index >= 15 is 0 Å². The van der Waals surface area contributed by atoms with Crippen LogP contribution in [0.25, 0.3) is 10.6 Å². The minimum atomic E-state index is -0.265. The molecule has 0 unspecified atom stereocenters. The van der Waals surface area contributed by atoms with E-state index in [0.29, 0.717) is 24.6 Å². The Morgan fingerprint density at radius 3 is 2.62 bits per heavy atom. The molecule has 0 fully saturated rings. The summed E-state index contributed by atoms with van der Waals surface area (Å²) >= 11 is 1.41. The molecule has 0 aliphatic rings. The van der Waals surface area contributed by atoms with Crippen LogP contribution in [-0.2, 0) is 6.61 Å². The van der Waals surface area contributed by atoms with Crippen LogP contribution in [0.3, 0.4) is 0 Å². The van der Waals surface area contributed by atoms with Gasteiger partial charge in [0.1, 0.15) is 28.9 Å². The smallest absolute Gasteiger partial charge is 0.271 e. The van der Waals surface area contributed by atoms with E-state index in [2.05, 4.69) is 16.9 Å². The average molecular weight is 368 g/mol. The van der Waals surface area contributed by atoms with Crippen molar-refractivity contribution >= 4 is 17.2 Å². The van der Waals surface area contributed by atoms with E-state index in [9.17, 15) is 9.18 Å². The van der Waals surface area contributed by atoms with E-state index in [1.54, 1.807) is 23.6 Å². The number of aromatic nitrogens is 1. The molecule has 1 aromatic heterocycles. The van der Waals surface area contributed by atoms with Crippen molar-refractivity contribution in [1.29, 1.82) is 0 Å². The number of amides is 1. The first-order valence-corrected chi connectivity index (χ1v) is 8.86. The Bertz CT molecular complexity index is 889. The van der Waals surface area contributed by atoms with Gasteiger partial charge in [-0.1, -0.05) is 18.2 Å². The molecule has 6 heteroatoms. The Morgan fingerprint density at radius 1 is 1.19 bits per heavy atom. The summed E-state index contributed by atoms with van der Waals surface area (Å²) in [7, 11) is 0. The van der Waals surface area contributed by atoms with E-state index in [1.165, 1.54) is 23.5 Å². The van der Waals surface area contributed by atoms with Crippen LogP contribution in [0.2, 0.25) is 0 Å². The molecule has 0 bridgehead atoms. The maximum absolute atomic E-state index is 12.9. The Hall–Kier alpha value is -2.99. The topological polar surface area (TPSA) is 51.2 Å². The number of carbonyl (C=O) groups is 1. The number of rotatable bonds is 7. The minimum absolute atomic E-state index is 0.216. The van der Waals surface area contributed by atoms with Gasteiger partial charge < -0.3 is 10.1 Å². The van der Waals surface area contributed by atoms with E-state index in [0.717, 1.165) is 16.1 Å². The highest BCUT2D eigenvalue weighted by Crippen LogP contribution is 2.26. The lowest BCUT2D eigenvalue weighted by atomic mass is 10.2. The number of hydrogen-bond donors (Lipinski definition) is 1. The minimum Gasteiger partial charge on any atom is -0.489 e. The van der Waals surface area contributed by atoms with Gasteiger partial charge in [0, 0.05) is 17.5 Å². The molecule has 1 heterocycles. The zero-order chi connectivity index (χ0) is 18.4. The second-order valence-corrected chi connectivity index (χ2v) is 6.33. The molecule has 0 aliphatic heterocycles. The predicted molar refractivity (Wildman–Crippen MR) is 101 cm³/mol. The first kappa shape index (κ1) is 17.8. The van der Waals surface area contributed by atoms with Crippen LogP contribution in [0, 0.1) is 5.82 Å². The standard InChI is InChI=1S/C20H17FN2O2S/c1-2-11-22-19(24)18-13-26-20(23-18)15-5-9-17(10-6-15)25-12-14-3-7-16(21)8-4-14/h2-10,13H,1,11-12H2,(H,22,24). The van der Waals surface area contributed by atoms with Crippen molar-refractivity contribution in [3.05, 3.63) is 83.6 Å². The molecule has 1 amide bonds. The van der Waals surface area contributed by atoms with Crippen molar-refractivity contribution in [2.45, 2.75) is 6.61 Å². The summed E-state index contributed by atoms with van der Waals surface area (Å²) in [5.41, 5.74) is 2.20. The second-order valence-electron chi connectivity index (χ2n) is 5.48. The SMILES string of the molecule is C=CCNC(=O)c1csc(-c2ccc(OCc3ccc(F)cc3)cc2)n1. The normalized spacial score (nSPS) is 10.3. The zero-order valence-electron chi connectivity index (χ0n) is 13.9. The molecule has 4 nitrogen and oxygen atoms in total. The van der Waals surface area contributed by atoms with Crippen molar-refractivity contribution in [2.24, 2.45) is 0 Å². The number of nitrogens with zero attached hydrogens (tertiary/aromatic N) is 1. The monoisotopic (exact) mass is 368 g/mol. The van der Waals surface area contributed by atoms with Crippen LogP contribution in [-0.4, -0.2) is 17.4 Å². The maximum atomic E-state index is 12.9. The summed E-state index contributed by atoms with van der Waals surface area (Å²) in [6.07, 6.45) is 1.62. The number of nitrogens with one attached hydrogen (secondary N) is 1. The van der Waals surface area contributed by atoms with Gasteiger partial charge in [-0.3, -0.25) is 4.79 Å². The third kappa shape index (κ3) is 4.55. The first-order chi connectivity index (χ1) is 12.7. The molecule has 0 saturated heterocycles. The zero-order valence-corrected chi connectivity index (χ0v) is 14.8. The molecular formula is C20H17FN2O2S. The highest BCUT2D eigenvalue weighted by atomic mass is 32.1. The molecule has 0 spiro atoms. The molecule has 0 saturated carbocycles. The average Bonchev–Trinajstić information content (AvgIpc) is 3.16. The molecule has 3 rings (SSSR count). The van der Waals surface area contributed by atoms with E-state index in [-0.39, 0.29) is 11.7 Å². The van der Waals surface area contributed by atoms with Gasteiger partial charge in [0.2, 0.25) is 0 Å². The predicted octanol–water partition coefficient (Wildman–Crippen LogP) is 4.44. The van der Waals surface area contributed by atoms with Crippen molar-refractivity contribution in [1.82, 2.24) is 10.3 Å². The van der Waals surface area contributed by atoms with Gasteiger partial charge >= 0.3 is 0 Å². The van der Waals surface area contributed by atoms with E-state index in [4.69, 9.17) is 4.74 Å². The summed E-state index contributed by atoms with van der Waals surface area (Å²) in [6.45, 7) is 4.34. The first-order valence-electron chi connectivity index (χ1n) is 7.98.